The van der Waals surface area contributed by atoms with Crippen LogP contribution in [0.15, 0.2) is 22.7 Å². The van der Waals surface area contributed by atoms with E-state index in [-0.39, 0.29) is 18.5 Å². The Morgan fingerprint density at radius 1 is 1.62 bits per heavy atom. The van der Waals surface area contributed by atoms with Gasteiger partial charge in [0, 0.05) is 18.0 Å². The molecule has 0 saturated heterocycles. The molecule has 1 amide bonds. The van der Waals surface area contributed by atoms with E-state index < -0.39 is 0 Å². The molecule has 0 spiro atoms. The number of nitrogens with two attached hydrogens (primary N) is 1. The SMILES string of the molecule is NC(=O)CN[C@@H]1CCOc2c(Br)cccc21. The van der Waals surface area contributed by atoms with Gasteiger partial charge in [0.1, 0.15) is 5.75 Å². The second-order valence-corrected chi connectivity index (χ2v) is 4.55. The van der Waals surface area contributed by atoms with Crippen LogP contribution in [-0.4, -0.2) is 19.1 Å². The average molecular weight is 285 g/mol. The standard InChI is InChI=1S/C11H13BrN2O2/c12-8-3-1-2-7-9(14-6-10(13)15)4-5-16-11(7)8/h1-3,9,14H,4-6H2,(H2,13,15)/t9-/m1/s1. The van der Waals surface area contributed by atoms with Crippen LogP contribution >= 0.6 is 15.9 Å². The van der Waals surface area contributed by atoms with Crippen molar-refractivity contribution >= 4 is 21.8 Å². The summed E-state index contributed by atoms with van der Waals surface area (Å²) in [6.07, 6.45) is 0.844. The van der Waals surface area contributed by atoms with Gasteiger partial charge >= 0.3 is 0 Å². The predicted octanol–water partition coefficient (Wildman–Crippen LogP) is 1.35. The minimum absolute atomic E-state index is 0.133. The predicted molar refractivity (Wildman–Crippen MR) is 64.2 cm³/mol. The molecule has 0 aromatic heterocycles. The minimum atomic E-state index is -0.344. The van der Waals surface area contributed by atoms with Crippen LogP contribution in [0.5, 0.6) is 5.75 Å². The van der Waals surface area contributed by atoms with Crippen LogP contribution in [0.25, 0.3) is 0 Å². The van der Waals surface area contributed by atoms with E-state index in [1.165, 1.54) is 0 Å². The molecule has 0 bridgehead atoms. The summed E-state index contributed by atoms with van der Waals surface area (Å²) in [4.78, 5) is 10.7. The van der Waals surface area contributed by atoms with Crippen molar-refractivity contribution in [3.05, 3.63) is 28.2 Å². The van der Waals surface area contributed by atoms with E-state index in [0.29, 0.717) is 6.61 Å². The number of carbonyl (C=O) groups excluding carboxylic acids is 1. The lowest BCUT2D eigenvalue weighted by Crippen LogP contribution is -2.34. The molecule has 0 fully saturated rings. The number of rotatable bonds is 3. The molecule has 0 saturated carbocycles. The number of nitrogens with one attached hydrogen (secondary N) is 1. The third-order valence-corrected chi connectivity index (χ3v) is 3.17. The van der Waals surface area contributed by atoms with Crippen LogP contribution in [0.4, 0.5) is 0 Å². The van der Waals surface area contributed by atoms with Gasteiger partial charge in [-0.05, 0) is 22.0 Å². The third kappa shape index (κ3) is 2.36. The summed E-state index contributed by atoms with van der Waals surface area (Å²) in [6, 6.07) is 6.03. The van der Waals surface area contributed by atoms with Crippen LogP contribution in [0.2, 0.25) is 0 Å². The number of amides is 1. The fourth-order valence-corrected chi connectivity index (χ4v) is 2.32. The molecular formula is C11H13BrN2O2. The van der Waals surface area contributed by atoms with Crippen molar-refractivity contribution in [2.45, 2.75) is 12.5 Å². The van der Waals surface area contributed by atoms with Gasteiger partial charge in [0.15, 0.2) is 0 Å². The Morgan fingerprint density at radius 2 is 2.44 bits per heavy atom. The van der Waals surface area contributed by atoms with Crippen LogP contribution in [0.3, 0.4) is 0 Å². The summed E-state index contributed by atoms with van der Waals surface area (Å²) in [5.74, 6) is 0.513. The van der Waals surface area contributed by atoms with E-state index >= 15 is 0 Å². The summed E-state index contributed by atoms with van der Waals surface area (Å²) in [7, 11) is 0. The molecule has 1 aromatic rings. The highest BCUT2D eigenvalue weighted by Crippen LogP contribution is 2.37. The number of benzene rings is 1. The van der Waals surface area contributed by atoms with Crippen molar-refractivity contribution in [2.75, 3.05) is 13.2 Å². The molecule has 0 radical (unpaired) electrons. The molecule has 16 heavy (non-hydrogen) atoms. The zero-order valence-electron chi connectivity index (χ0n) is 8.70. The first kappa shape index (κ1) is 11.4. The Balaban J connectivity index is 2.19. The number of para-hydroxylation sites is 1. The molecule has 1 aliphatic heterocycles. The fraction of sp³-hybridized carbons (Fsp3) is 0.364. The molecule has 2 rings (SSSR count). The van der Waals surface area contributed by atoms with E-state index in [4.69, 9.17) is 10.5 Å². The van der Waals surface area contributed by atoms with E-state index in [1.807, 2.05) is 18.2 Å². The summed E-state index contributed by atoms with van der Waals surface area (Å²) in [6.45, 7) is 0.836. The van der Waals surface area contributed by atoms with Crippen LogP contribution in [-0.2, 0) is 4.79 Å². The lowest BCUT2D eigenvalue weighted by molar-refractivity contribution is -0.117. The molecule has 0 unspecified atom stereocenters. The van der Waals surface area contributed by atoms with E-state index in [9.17, 15) is 4.79 Å². The highest BCUT2D eigenvalue weighted by molar-refractivity contribution is 9.10. The Labute approximate surface area is 102 Å². The molecule has 86 valence electrons. The van der Waals surface area contributed by atoms with Crippen molar-refractivity contribution in [3.8, 4) is 5.75 Å². The van der Waals surface area contributed by atoms with Gasteiger partial charge in [-0.2, -0.15) is 0 Å². The van der Waals surface area contributed by atoms with Crippen LogP contribution < -0.4 is 15.8 Å². The number of ether oxygens (including phenoxy) is 1. The highest BCUT2D eigenvalue weighted by Gasteiger charge is 2.22. The average Bonchev–Trinajstić information content (AvgIpc) is 2.27. The quantitative estimate of drug-likeness (QED) is 0.881. The number of carbonyl (C=O) groups is 1. The number of hydrogen-bond acceptors (Lipinski definition) is 3. The van der Waals surface area contributed by atoms with E-state index in [1.54, 1.807) is 0 Å². The first-order valence-electron chi connectivity index (χ1n) is 5.11. The van der Waals surface area contributed by atoms with Crippen molar-refractivity contribution in [1.29, 1.82) is 0 Å². The molecule has 1 heterocycles. The normalized spacial score (nSPS) is 18.7. The molecule has 1 atom stereocenters. The van der Waals surface area contributed by atoms with Gasteiger partial charge in [0.25, 0.3) is 0 Å². The Hall–Kier alpha value is -1.07. The second-order valence-electron chi connectivity index (χ2n) is 3.70. The topological polar surface area (TPSA) is 64.4 Å². The minimum Gasteiger partial charge on any atom is -0.492 e. The molecular weight excluding hydrogens is 272 g/mol. The van der Waals surface area contributed by atoms with Crippen molar-refractivity contribution in [3.63, 3.8) is 0 Å². The molecule has 3 N–H and O–H groups in total. The fourth-order valence-electron chi connectivity index (χ4n) is 1.82. The largest absolute Gasteiger partial charge is 0.492 e. The van der Waals surface area contributed by atoms with Gasteiger partial charge in [0.2, 0.25) is 5.91 Å². The lowest BCUT2D eigenvalue weighted by atomic mass is 10.0. The number of halogens is 1. The summed E-state index contributed by atoms with van der Waals surface area (Å²) in [5, 5.41) is 3.13. The van der Waals surface area contributed by atoms with Gasteiger partial charge in [0.05, 0.1) is 17.6 Å². The van der Waals surface area contributed by atoms with Gasteiger partial charge in [-0.1, -0.05) is 12.1 Å². The zero-order chi connectivity index (χ0) is 11.5. The molecule has 0 aliphatic carbocycles. The lowest BCUT2D eigenvalue weighted by Gasteiger charge is -2.27. The zero-order valence-corrected chi connectivity index (χ0v) is 10.3. The van der Waals surface area contributed by atoms with Crippen LogP contribution in [0, 0.1) is 0 Å². The van der Waals surface area contributed by atoms with E-state index in [0.717, 1.165) is 22.2 Å². The molecule has 1 aromatic carbocycles. The highest BCUT2D eigenvalue weighted by atomic mass is 79.9. The Kier molecular flexibility index (Phi) is 3.46. The monoisotopic (exact) mass is 284 g/mol. The third-order valence-electron chi connectivity index (χ3n) is 2.55. The van der Waals surface area contributed by atoms with Crippen molar-refractivity contribution in [1.82, 2.24) is 5.32 Å². The van der Waals surface area contributed by atoms with Gasteiger partial charge in [-0.3, -0.25) is 4.79 Å². The van der Waals surface area contributed by atoms with Gasteiger partial charge < -0.3 is 15.8 Å². The summed E-state index contributed by atoms with van der Waals surface area (Å²) in [5.41, 5.74) is 6.19. The Bertz CT molecular complexity index is 409. The van der Waals surface area contributed by atoms with Crippen molar-refractivity contribution < 1.29 is 9.53 Å². The number of primary amides is 1. The van der Waals surface area contributed by atoms with Gasteiger partial charge in [-0.15, -0.1) is 0 Å². The molecule has 5 heteroatoms. The smallest absolute Gasteiger partial charge is 0.231 e. The molecule has 4 nitrogen and oxygen atoms in total. The molecule has 1 aliphatic rings. The van der Waals surface area contributed by atoms with Crippen molar-refractivity contribution in [2.24, 2.45) is 5.73 Å². The van der Waals surface area contributed by atoms with Crippen LogP contribution in [0.1, 0.15) is 18.0 Å². The number of hydrogen-bond donors (Lipinski definition) is 2. The first-order chi connectivity index (χ1) is 7.68. The maximum Gasteiger partial charge on any atom is 0.231 e. The first-order valence-corrected chi connectivity index (χ1v) is 5.90. The maximum absolute atomic E-state index is 10.7. The Morgan fingerprint density at radius 3 is 3.19 bits per heavy atom. The van der Waals surface area contributed by atoms with Gasteiger partial charge in [-0.25, -0.2) is 0 Å². The summed E-state index contributed by atoms with van der Waals surface area (Å²) >= 11 is 3.45. The number of fused-ring (bicyclic) bond motifs is 1. The second kappa shape index (κ2) is 4.84. The van der Waals surface area contributed by atoms with E-state index in [2.05, 4.69) is 21.2 Å². The summed E-state index contributed by atoms with van der Waals surface area (Å²) < 4.78 is 6.53. The maximum atomic E-state index is 10.7.